The first-order valence-electron chi connectivity index (χ1n) is 6.55. The van der Waals surface area contributed by atoms with E-state index in [2.05, 4.69) is 10.3 Å². The first-order valence-corrected chi connectivity index (χ1v) is 6.55. The molecule has 1 amide bonds. The minimum Gasteiger partial charge on any atom is -0.486 e. The third kappa shape index (κ3) is 2.74. The largest absolute Gasteiger partial charge is 0.486 e. The summed E-state index contributed by atoms with van der Waals surface area (Å²) in [5.41, 5.74) is 8.24. The van der Waals surface area contributed by atoms with Gasteiger partial charge in [-0.1, -0.05) is 0 Å². The molecule has 0 fully saturated rings. The van der Waals surface area contributed by atoms with Gasteiger partial charge in [-0.25, -0.2) is 0 Å². The van der Waals surface area contributed by atoms with E-state index in [9.17, 15) is 4.79 Å². The molecule has 0 atom stereocenters. The van der Waals surface area contributed by atoms with Gasteiger partial charge < -0.3 is 20.5 Å². The minimum atomic E-state index is -0.269. The monoisotopic (exact) mass is 285 g/mol. The fourth-order valence-corrected chi connectivity index (χ4v) is 2.09. The number of nitrogens with zero attached hydrogens (tertiary/aromatic N) is 1. The molecule has 0 bridgehead atoms. The molecule has 1 aliphatic rings. The summed E-state index contributed by atoms with van der Waals surface area (Å²) >= 11 is 0. The van der Waals surface area contributed by atoms with Gasteiger partial charge >= 0.3 is 0 Å². The first kappa shape index (κ1) is 13.2. The topological polar surface area (TPSA) is 86.5 Å². The summed E-state index contributed by atoms with van der Waals surface area (Å²) in [6, 6.07) is 5.08. The van der Waals surface area contributed by atoms with Crippen molar-refractivity contribution in [2.45, 2.75) is 6.92 Å². The second-order valence-electron chi connectivity index (χ2n) is 4.79. The van der Waals surface area contributed by atoms with Gasteiger partial charge in [-0.3, -0.25) is 9.78 Å². The van der Waals surface area contributed by atoms with E-state index >= 15 is 0 Å². The Kier molecular flexibility index (Phi) is 3.35. The molecular weight excluding hydrogens is 270 g/mol. The molecule has 108 valence electrons. The molecule has 3 N–H and O–H groups in total. The third-order valence-corrected chi connectivity index (χ3v) is 3.10. The highest BCUT2D eigenvalue weighted by atomic mass is 16.6. The zero-order valence-corrected chi connectivity index (χ0v) is 11.6. The number of fused-ring (bicyclic) bond motifs is 1. The summed E-state index contributed by atoms with van der Waals surface area (Å²) in [6.45, 7) is 2.85. The predicted molar refractivity (Wildman–Crippen MR) is 78.8 cm³/mol. The lowest BCUT2D eigenvalue weighted by atomic mass is 10.2. The van der Waals surface area contributed by atoms with E-state index < -0.39 is 0 Å². The standard InChI is InChI=1S/C15H15N3O3/c1-9-4-10(8-17-7-9)15(19)18-12-6-14-13(5-11(12)16)20-2-3-21-14/h4-8H,2-3,16H2,1H3,(H,18,19). The highest BCUT2D eigenvalue weighted by Crippen LogP contribution is 2.37. The Morgan fingerprint density at radius 2 is 1.90 bits per heavy atom. The van der Waals surface area contributed by atoms with Crippen LogP contribution >= 0.6 is 0 Å². The van der Waals surface area contributed by atoms with Crippen molar-refractivity contribution in [1.82, 2.24) is 4.98 Å². The van der Waals surface area contributed by atoms with E-state index in [1.165, 1.54) is 6.20 Å². The van der Waals surface area contributed by atoms with Crippen LogP contribution in [0.2, 0.25) is 0 Å². The van der Waals surface area contributed by atoms with Crippen LogP contribution < -0.4 is 20.5 Å². The molecule has 6 nitrogen and oxygen atoms in total. The Hall–Kier alpha value is -2.76. The Bertz CT molecular complexity index is 701. The fourth-order valence-electron chi connectivity index (χ4n) is 2.09. The van der Waals surface area contributed by atoms with Gasteiger partial charge in [-0.2, -0.15) is 0 Å². The number of carbonyl (C=O) groups excluding carboxylic acids is 1. The van der Waals surface area contributed by atoms with E-state index in [4.69, 9.17) is 15.2 Å². The number of aryl methyl sites for hydroxylation is 1. The molecule has 0 saturated carbocycles. The van der Waals surface area contributed by atoms with Crippen LogP contribution in [0.3, 0.4) is 0 Å². The number of hydrogen-bond acceptors (Lipinski definition) is 5. The zero-order valence-electron chi connectivity index (χ0n) is 11.6. The number of nitrogen functional groups attached to an aromatic ring is 1. The van der Waals surface area contributed by atoms with E-state index in [-0.39, 0.29) is 5.91 Å². The molecule has 6 heteroatoms. The maximum absolute atomic E-state index is 12.2. The van der Waals surface area contributed by atoms with Crippen LogP contribution in [0.1, 0.15) is 15.9 Å². The van der Waals surface area contributed by atoms with Crippen LogP contribution in [0.25, 0.3) is 0 Å². The molecule has 2 heterocycles. The number of aromatic nitrogens is 1. The van der Waals surface area contributed by atoms with Crippen molar-refractivity contribution in [1.29, 1.82) is 0 Å². The van der Waals surface area contributed by atoms with Crippen molar-refractivity contribution in [2.24, 2.45) is 0 Å². The van der Waals surface area contributed by atoms with Crippen molar-refractivity contribution < 1.29 is 14.3 Å². The molecule has 2 aromatic rings. The molecule has 21 heavy (non-hydrogen) atoms. The number of nitrogens with two attached hydrogens (primary N) is 1. The molecule has 1 aliphatic heterocycles. The number of ether oxygens (including phenoxy) is 2. The van der Waals surface area contributed by atoms with E-state index in [1.807, 2.05) is 6.92 Å². The van der Waals surface area contributed by atoms with Gasteiger partial charge in [-0.05, 0) is 18.6 Å². The lowest BCUT2D eigenvalue weighted by molar-refractivity contribution is 0.102. The summed E-state index contributed by atoms with van der Waals surface area (Å²) < 4.78 is 10.9. The average Bonchev–Trinajstić information content (AvgIpc) is 2.48. The molecule has 0 spiro atoms. The highest BCUT2D eigenvalue weighted by Gasteiger charge is 2.16. The zero-order chi connectivity index (χ0) is 14.8. The van der Waals surface area contributed by atoms with Crippen molar-refractivity contribution in [2.75, 3.05) is 24.3 Å². The number of nitrogens with one attached hydrogen (secondary N) is 1. The lowest BCUT2D eigenvalue weighted by Gasteiger charge is -2.20. The van der Waals surface area contributed by atoms with Gasteiger partial charge in [0.05, 0.1) is 16.9 Å². The van der Waals surface area contributed by atoms with Gasteiger partial charge in [0.15, 0.2) is 11.5 Å². The van der Waals surface area contributed by atoms with E-state index in [1.54, 1.807) is 24.4 Å². The maximum Gasteiger partial charge on any atom is 0.257 e. The SMILES string of the molecule is Cc1cncc(C(=O)Nc2cc3c(cc2N)OCCO3)c1. The summed E-state index contributed by atoms with van der Waals surface area (Å²) in [5.74, 6) is 0.900. The molecular formula is C15H15N3O3. The molecule has 0 saturated heterocycles. The van der Waals surface area contributed by atoms with Gasteiger partial charge in [-0.15, -0.1) is 0 Å². The Balaban J connectivity index is 1.86. The van der Waals surface area contributed by atoms with Crippen molar-refractivity contribution >= 4 is 17.3 Å². The number of benzene rings is 1. The number of pyridine rings is 1. The number of rotatable bonds is 2. The number of anilines is 2. The summed E-state index contributed by atoms with van der Waals surface area (Å²) in [4.78, 5) is 16.2. The summed E-state index contributed by atoms with van der Waals surface area (Å²) in [7, 11) is 0. The molecule has 1 aromatic heterocycles. The Morgan fingerprint density at radius 1 is 1.19 bits per heavy atom. The first-order chi connectivity index (χ1) is 10.1. The maximum atomic E-state index is 12.2. The third-order valence-electron chi connectivity index (χ3n) is 3.10. The molecule has 1 aromatic carbocycles. The van der Waals surface area contributed by atoms with Gasteiger partial charge in [0.2, 0.25) is 0 Å². The van der Waals surface area contributed by atoms with Crippen LogP contribution in [0, 0.1) is 6.92 Å². The average molecular weight is 285 g/mol. The van der Waals surface area contributed by atoms with Crippen LogP contribution in [0.5, 0.6) is 11.5 Å². The van der Waals surface area contributed by atoms with Crippen LogP contribution in [0.15, 0.2) is 30.6 Å². The Labute approximate surface area is 121 Å². The van der Waals surface area contributed by atoms with Crippen LogP contribution in [-0.2, 0) is 0 Å². The second kappa shape index (κ2) is 5.32. The van der Waals surface area contributed by atoms with Gasteiger partial charge in [0.1, 0.15) is 13.2 Å². The molecule has 0 aliphatic carbocycles. The smallest absolute Gasteiger partial charge is 0.257 e. The van der Waals surface area contributed by atoms with Crippen LogP contribution in [-0.4, -0.2) is 24.1 Å². The number of hydrogen-bond donors (Lipinski definition) is 2. The summed E-state index contributed by atoms with van der Waals surface area (Å²) in [5, 5.41) is 2.76. The van der Waals surface area contributed by atoms with E-state index in [0.29, 0.717) is 41.7 Å². The second-order valence-corrected chi connectivity index (χ2v) is 4.79. The predicted octanol–water partition coefficient (Wildman–Crippen LogP) is 2.00. The Morgan fingerprint density at radius 3 is 2.62 bits per heavy atom. The number of carbonyl (C=O) groups is 1. The fraction of sp³-hybridized carbons (Fsp3) is 0.200. The minimum absolute atomic E-state index is 0.269. The van der Waals surface area contributed by atoms with E-state index in [0.717, 1.165) is 5.56 Å². The van der Waals surface area contributed by atoms with Gasteiger partial charge in [0, 0.05) is 24.5 Å². The van der Waals surface area contributed by atoms with Crippen molar-refractivity contribution in [3.05, 3.63) is 41.7 Å². The number of amides is 1. The normalized spacial score (nSPS) is 12.8. The van der Waals surface area contributed by atoms with Crippen molar-refractivity contribution in [3.8, 4) is 11.5 Å². The quantitative estimate of drug-likeness (QED) is 0.824. The lowest BCUT2D eigenvalue weighted by Crippen LogP contribution is -2.17. The van der Waals surface area contributed by atoms with Crippen molar-refractivity contribution in [3.63, 3.8) is 0 Å². The van der Waals surface area contributed by atoms with Gasteiger partial charge in [0.25, 0.3) is 5.91 Å². The highest BCUT2D eigenvalue weighted by molar-refractivity contribution is 6.05. The molecule has 0 unspecified atom stereocenters. The summed E-state index contributed by atoms with van der Waals surface area (Å²) in [6.07, 6.45) is 3.20. The van der Waals surface area contributed by atoms with Crippen LogP contribution in [0.4, 0.5) is 11.4 Å². The molecule has 3 rings (SSSR count). The molecule has 0 radical (unpaired) electrons.